The van der Waals surface area contributed by atoms with Gasteiger partial charge in [-0.1, -0.05) is 302 Å². The van der Waals surface area contributed by atoms with Crippen molar-refractivity contribution in [3.63, 3.8) is 0 Å². The number of phosphoric ester groups is 2. The molecule has 0 saturated heterocycles. The number of allylic oxidation sites excluding steroid dienone is 24. The number of phosphoric acid groups is 2. The molecule has 5 atom stereocenters. The molecule has 0 heterocycles. The third kappa shape index (κ3) is 79.0. The molecule has 0 aromatic rings. The summed E-state index contributed by atoms with van der Waals surface area (Å²) in [4.78, 5) is 73.1. The first-order valence-corrected chi connectivity index (χ1v) is 45.1. The molecule has 0 saturated carbocycles. The van der Waals surface area contributed by atoms with Gasteiger partial charge in [0.15, 0.2) is 12.2 Å². The number of aliphatic hydroxyl groups is 1. The first-order chi connectivity index (χ1) is 52.7. The summed E-state index contributed by atoms with van der Waals surface area (Å²) in [5, 5.41) is 10.7. The molecule has 0 aliphatic carbocycles. The van der Waals surface area contributed by atoms with Crippen LogP contribution in [0, 0.1) is 0 Å². The van der Waals surface area contributed by atoms with Gasteiger partial charge < -0.3 is 33.8 Å². The fraction of sp³-hybridized carbons (Fsp3) is 0.685. The summed E-state index contributed by atoms with van der Waals surface area (Å²) in [5.74, 6) is -2.38. The summed E-state index contributed by atoms with van der Waals surface area (Å²) in [6.45, 7) is 4.64. The van der Waals surface area contributed by atoms with E-state index in [9.17, 15) is 43.2 Å². The van der Waals surface area contributed by atoms with E-state index in [0.29, 0.717) is 38.5 Å². The number of rotatable bonds is 78. The third-order valence-corrected chi connectivity index (χ3v) is 19.2. The van der Waals surface area contributed by atoms with Gasteiger partial charge in [-0.05, 0) is 154 Å². The second kappa shape index (κ2) is 80.0. The average molecular weight is 1550 g/mol. The second-order valence-electron chi connectivity index (χ2n) is 27.7. The Labute approximate surface area is 656 Å². The van der Waals surface area contributed by atoms with Gasteiger partial charge in [-0.15, -0.1) is 0 Å². The highest BCUT2D eigenvalue weighted by atomic mass is 31.2. The number of ether oxygens (including phenoxy) is 4. The average Bonchev–Trinajstić information content (AvgIpc) is 0.896. The molecule has 3 N–H and O–H groups in total. The predicted octanol–water partition coefficient (Wildman–Crippen LogP) is 25.0. The lowest BCUT2D eigenvalue weighted by Crippen LogP contribution is -2.30. The second-order valence-corrected chi connectivity index (χ2v) is 30.6. The number of aliphatic hydroxyl groups excluding tert-OH is 1. The van der Waals surface area contributed by atoms with Gasteiger partial charge in [0.1, 0.15) is 19.3 Å². The van der Waals surface area contributed by atoms with Crippen LogP contribution in [-0.4, -0.2) is 96.7 Å². The molecule has 19 heteroatoms. The van der Waals surface area contributed by atoms with E-state index in [4.69, 9.17) is 37.0 Å². The largest absolute Gasteiger partial charge is 0.472 e. The summed E-state index contributed by atoms with van der Waals surface area (Å²) in [6, 6.07) is 0. The molecule has 0 rings (SSSR count). The Hall–Kier alpha value is -5.06. The Morgan fingerprint density at radius 2 is 0.472 bits per heavy atom. The number of unbranched alkanes of at least 4 members (excludes halogenated alkanes) is 28. The van der Waals surface area contributed by atoms with Crippen LogP contribution in [0.4, 0.5) is 0 Å². The number of esters is 4. The van der Waals surface area contributed by atoms with E-state index >= 15 is 0 Å². The minimum Gasteiger partial charge on any atom is -0.462 e. The molecule has 0 aliphatic heterocycles. The minimum atomic E-state index is -5.02. The van der Waals surface area contributed by atoms with Crippen molar-refractivity contribution in [1.82, 2.24) is 0 Å². The van der Waals surface area contributed by atoms with Crippen LogP contribution >= 0.6 is 15.6 Å². The van der Waals surface area contributed by atoms with E-state index in [1.54, 1.807) is 0 Å². The van der Waals surface area contributed by atoms with Crippen molar-refractivity contribution in [2.75, 3.05) is 39.6 Å². The summed E-state index contributed by atoms with van der Waals surface area (Å²) in [6.07, 6.45) is 92.7. The van der Waals surface area contributed by atoms with Crippen molar-refractivity contribution in [1.29, 1.82) is 0 Å². The van der Waals surface area contributed by atoms with Gasteiger partial charge in [0.2, 0.25) is 0 Å². The van der Waals surface area contributed by atoms with Gasteiger partial charge >= 0.3 is 39.5 Å². The van der Waals surface area contributed by atoms with Gasteiger partial charge in [-0.3, -0.25) is 37.3 Å². The summed E-state index contributed by atoms with van der Waals surface area (Å²) < 4.78 is 68.6. The molecule has 0 radical (unpaired) electrons. The van der Waals surface area contributed by atoms with E-state index in [2.05, 4.69) is 137 Å². The maximum Gasteiger partial charge on any atom is 0.472 e. The normalized spacial score (nSPS) is 14.5. The Kier molecular flexibility index (Phi) is 76.3. The molecule has 17 nitrogen and oxygen atoms in total. The minimum absolute atomic E-state index is 0.0186. The van der Waals surface area contributed by atoms with E-state index in [-0.39, 0.29) is 25.7 Å². The van der Waals surface area contributed by atoms with Crippen LogP contribution in [0.1, 0.15) is 336 Å². The Bertz CT molecular complexity index is 2610. The molecular weight excluding hydrogens is 1400 g/mol. The molecule has 0 amide bonds. The van der Waals surface area contributed by atoms with Crippen molar-refractivity contribution in [3.05, 3.63) is 146 Å². The molecule has 0 fully saturated rings. The van der Waals surface area contributed by atoms with E-state index < -0.39 is 97.5 Å². The fourth-order valence-electron chi connectivity index (χ4n) is 10.8. The molecule has 0 bridgehead atoms. The predicted molar refractivity (Wildman–Crippen MR) is 445 cm³/mol. The maximum atomic E-state index is 13.1. The van der Waals surface area contributed by atoms with E-state index in [1.165, 1.54) is 103 Å². The lowest BCUT2D eigenvalue weighted by Gasteiger charge is -2.21. The van der Waals surface area contributed by atoms with E-state index in [0.717, 1.165) is 141 Å². The first-order valence-electron chi connectivity index (χ1n) is 42.1. The van der Waals surface area contributed by atoms with Crippen LogP contribution in [0.5, 0.6) is 0 Å². The molecule has 0 aliphatic rings. The van der Waals surface area contributed by atoms with Crippen LogP contribution in [0.2, 0.25) is 0 Å². The summed E-state index contributed by atoms with van der Waals surface area (Å²) in [5.41, 5.74) is 0. The number of hydrogen-bond acceptors (Lipinski definition) is 15. The number of hydrogen-bond donors (Lipinski definition) is 3. The molecular formula is C89H150O17P2. The lowest BCUT2D eigenvalue weighted by molar-refractivity contribution is -0.161. The highest BCUT2D eigenvalue weighted by Crippen LogP contribution is 2.45. The zero-order valence-corrected chi connectivity index (χ0v) is 69.5. The van der Waals surface area contributed by atoms with E-state index in [1.807, 2.05) is 36.5 Å². The topological polar surface area (TPSA) is 237 Å². The van der Waals surface area contributed by atoms with Gasteiger partial charge in [0, 0.05) is 25.7 Å². The summed E-state index contributed by atoms with van der Waals surface area (Å²) in [7, 11) is -10.0. The standard InChI is InChI=1S/C89H150O17P2/c1-5-9-13-17-21-25-29-33-37-39-41-43-47-50-54-58-62-66-70-74-87(92)100-80-85(106-89(94)76-72-68-64-60-56-52-48-44-42-40-38-34-30-26-22-18-14-10-6-2)82-104-108(97,98)102-78-83(90)77-101-107(95,96)103-81-84(105-88(93)75-71-67-63-59-55-51-46-36-32-28-24-20-16-12-8-4)79-99-86(91)73-69-65-61-57-53-49-45-35-31-27-23-19-15-11-7-3/h21-22,25-28,31-34,37-38,41-44,50,52,54,56,62,64,66,68,83-85,90H,5-20,23-24,29-30,35-36,39-40,45-49,51,53,55,57-61,63,65,67,69-82H2,1-4H3,(H,95,96)(H,97,98)/b25-21-,26-22-,31-27-,32-28-,37-33-,38-34-,43-41-,44-42-,54-50-,56-52-,66-62-,68-64-/t83-,84+,85+/m0/s1. The number of carbonyl (C=O) groups excluding carboxylic acids is 4. The SMILES string of the molecule is CCCCC/C=C\C/C=C\C/C=C\C/C=C\C/C=C\CCC(=O)OC[C@H](COP(=O)(O)OC[C@@H](O)COP(=O)(O)OC[C@@H](COC(=O)CCCCCCCCC/C=C\CCCCCC)OC(=O)CCCCCCCCC/C=C\CCCCCC)OC(=O)CC/C=C\C/C=C\C/C=C\C/C=C\C/C=C\CCCCC. The van der Waals surface area contributed by atoms with Gasteiger partial charge in [-0.2, -0.15) is 0 Å². The van der Waals surface area contributed by atoms with Crippen molar-refractivity contribution >= 4 is 39.5 Å². The zero-order chi connectivity index (χ0) is 78.9. The van der Waals surface area contributed by atoms with Crippen LogP contribution in [0.3, 0.4) is 0 Å². The van der Waals surface area contributed by atoms with Crippen molar-refractivity contribution in [2.45, 2.75) is 354 Å². The zero-order valence-electron chi connectivity index (χ0n) is 67.7. The van der Waals surface area contributed by atoms with Crippen LogP contribution in [0.25, 0.3) is 0 Å². The molecule has 0 aromatic heterocycles. The Morgan fingerprint density at radius 1 is 0.259 bits per heavy atom. The smallest absolute Gasteiger partial charge is 0.462 e. The fourth-order valence-corrected chi connectivity index (χ4v) is 12.4. The van der Waals surface area contributed by atoms with Gasteiger partial charge in [0.25, 0.3) is 0 Å². The lowest BCUT2D eigenvalue weighted by atomic mass is 10.1. The van der Waals surface area contributed by atoms with Crippen LogP contribution in [-0.2, 0) is 65.4 Å². The van der Waals surface area contributed by atoms with Gasteiger partial charge in [0.05, 0.1) is 26.4 Å². The Balaban J connectivity index is 5.52. The van der Waals surface area contributed by atoms with Crippen molar-refractivity contribution in [3.8, 4) is 0 Å². The highest BCUT2D eigenvalue weighted by molar-refractivity contribution is 7.47. The molecule has 108 heavy (non-hydrogen) atoms. The number of carbonyl (C=O) groups is 4. The van der Waals surface area contributed by atoms with Crippen molar-refractivity contribution in [2.24, 2.45) is 0 Å². The third-order valence-electron chi connectivity index (χ3n) is 17.3. The van der Waals surface area contributed by atoms with Crippen LogP contribution < -0.4 is 0 Å². The monoisotopic (exact) mass is 1550 g/mol. The van der Waals surface area contributed by atoms with Gasteiger partial charge in [-0.25, -0.2) is 9.13 Å². The molecule has 0 spiro atoms. The van der Waals surface area contributed by atoms with Crippen molar-refractivity contribution < 1.29 is 80.2 Å². The quantitative estimate of drug-likeness (QED) is 0.0169. The summed E-state index contributed by atoms with van der Waals surface area (Å²) >= 11 is 0. The first kappa shape index (κ1) is 103. The molecule has 0 aromatic carbocycles. The highest BCUT2D eigenvalue weighted by Gasteiger charge is 2.30. The molecule has 618 valence electrons. The maximum absolute atomic E-state index is 13.1. The van der Waals surface area contributed by atoms with Crippen LogP contribution in [0.15, 0.2) is 146 Å². The Morgan fingerprint density at radius 3 is 0.796 bits per heavy atom. The molecule has 2 unspecified atom stereocenters.